The van der Waals surface area contributed by atoms with Gasteiger partial charge >= 0.3 is 0 Å². The first kappa shape index (κ1) is 8.98. The summed E-state index contributed by atoms with van der Waals surface area (Å²) < 4.78 is 0. The minimum atomic E-state index is 0.325. The first-order valence-electron chi connectivity index (χ1n) is 4.31. The lowest BCUT2D eigenvalue weighted by atomic mass is 10.1. The molecule has 0 radical (unpaired) electrons. The van der Waals surface area contributed by atoms with Crippen LogP contribution in [0.25, 0.3) is 0 Å². The largest absolute Gasteiger partial charge is 0.299 e. The first-order chi connectivity index (χ1) is 5.79. The molecule has 1 heteroatoms. The van der Waals surface area contributed by atoms with Crippen LogP contribution in [0.4, 0.5) is 0 Å². The molecule has 0 aromatic rings. The quantitative estimate of drug-likeness (QED) is 0.535. The van der Waals surface area contributed by atoms with Gasteiger partial charge < -0.3 is 0 Å². The number of rotatable bonds is 0. The van der Waals surface area contributed by atoms with Crippen molar-refractivity contribution >= 4 is 5.78 Å². The lowest BCUT2D eigenvalue weighted by Gasteiger charge is -1.96. The molecule has 1 aliphatic rings. The van der Waals surface area contributed by atoms with Crippen molar-refractivity contribution in [3.05, 3.63) is 36.0 Å². The van der Waals surface area contributed by atoms with Crippen LogP contribution >= 0.6 is 0 Å². The Bertz CT molecular complexity index is 244. The summed E-state index contributed by atoms with van der Waals surface area (Å²) in [4.78, 5) is 11.1. The summed E-state index contributed by atoms with van der Waals surface area (Å²) in [5, 5.41) is 0. The Morgan fingerprint density at radius 1 is 1.33 bits per heavy atom. The second-order valence-electron chi connectivity index (χ2n) is 3.02. The van der Waals surface area contributed by atoms with Gasteiger partial charge in [0.15, 0.2) is 0 Å². The SMILES string of the molecule is CC1=C/C=C/CCC(=O)C\C=C\1. The van der Waals surface area contributed by atoms with Crippen LogP contribution in [-0.4, -0.2) is 5.78 Å². The molecule has 0 aromatic carbocycles. The fourth-order valence-corrected chi connectivity index (χ4v) is 1.09. The third kappa shape index (κ3) is 3.33. The second kappa shape index (κ2) is 4.70. The van der Waals surface area contributed by atoms with E-state index in [9.17, 15) is 4.79 Å². The van der Waals surface area contributed by atoms with Crippen LogP contribution in [-0.2, 0) is 4.79 Å². The van der Waals surface area contributed by atoms with E-state index < -0.39 is 0 Å². The third-order valence-electron chi connectivity index (χ3n) is 1.81. The summed E-state index contributed by atoms with van der Waals surface area (Å²) in [6.07, 6.45) is 12.2. The molecule has 0 spiro atoms. The zero-order valence-electron chi connectivity index (χ0n) is 7.42. The minimum absolute atomic E-state index is 0.325. The molecule has 1 rings (SSSR count). The van der Waals surface area contributed by atoms with E-state index in [1.807, 2.05) is 31.2 Å². The van der Waals surface area contributed by atoms with E-state index in [-0.39, 0.29) is 0 Å². The van der Waals surface area contributed by atoms with Crippen molar-refractivity contribution in [2.75, 3.05) is 0 Å². The molecule has 0 saturated heterocycles. The molecule has 12 heavy (non-hydrogen) atoms. The molecule has 0 aliphatic heterocycles. The molecular weight excluding hydrogens is 148 g/mol. The van der Waals surface area contributed by atoms with Crippen molar-refractivity contribution in [1.82, 2.24) is 0 Å². The van der Waals surface area contributed by atoms with Crippen LogP contribution in [0.3, 0.4) is 0 Å². The molecule has 0 N–H and O–H groups in total. The van der Waals surface area contributed by atoms with Gasteiger partial charge in [0.25, 0.3) is 0 Å². The maximum atomic E-state index is 11.1. The molecule has 0 heterocycles. The summed E-state index contributed by atoms with van der Waals surface area (Å²) in [6.45, 7) is 2.03. The van der Waals surface area contributed by atoms with Gasteiger partial charge in [-0.25, -0.2) is 0 Å². The Hall–Kier alpha value is -1.11. The van der Waals surface area contributed by atoms with Crippen LogP contribution in [0, 0.1) is 0 Å². The minimum Gasteiger partial charge on any atom is -0.299 e. The molecule has 0 saturated carbocycles. The molecule has 0 amide bonds. The van der Waals surface area contributed by atoms with Gasteiger partial charge in [-0.2, -0.15) is 0 Å². The summed E-state index contributed by atoms with van der Waals surface area (Å²) in [5.74, 6) is 0.325. The van der Waals surface area contributed by atoms with E-state index in [1.54, 1.807) is 0 Å². The molecular formula is C11H14O. The molecule has 0 bridgehead atoms. The van der Waals surface area contributed by atoms with Crippen LogP contribution in [0.5, 0.6) is 0 Å². The lowest BCUT2D eigenvalue weighted by molar-refractivity contribution is -0.118. The lowest BCUT2D eigenvalue weighted by Crippen LogP contribution is -1.94. The number of hydrogen-bond donors (Lipinski definition) is 0. The van der Waals surface area contributed by atoms with Gasteiger partial charge in [-0.3, -0.25) is 4.79 Å². The Morgan fingerprint density at radius 3 is 3.00 bits per heavy atom. The van der Waals surface area contributed by atoms with E-state index in [1.165, 1.54) is 5.57 Å². The molecule has 0 aromatic heterocycles. The van der Waals surface area contributed by atoms with Crippen LogP contribution < -0.4 is 0 Å². The topological polar surface area (TPSA) is 17.1 Å². The van der Waals surface area contributed by atoms with E-state index in [2.05, 4.69) is 6.08 Å². The first-order valence-corrected chi connectivity index (χ1v) is 4.31. The highest BCUT2D eigenvalue weighted by molar-refractivity contribution is 5.80. The molecule has 0 fully saturated rings. The fraction of sp³-hybridized carbons (Fsp3) is 0.364. The Morgan fingerprint density at radius 2 is 2.17 bits per heavy atom. The van der Waals surface area contributed by atoms with Gasteiger partial charge in [0.2, 0.25) is 0 Å². The maximum Gasteiger partial charge on any atom is 0.136 e. The smallest absolute Gasteiger partial charge is 0.136 e. The molecule has 1 aliphatic carbocycles. The molecule has 1 nitrogen and oxygen atoms in total. The standard InChI is InChI=1S/C11H14O/c1-10-6-3-2-4-8-11(12)9-5-7-10/h2-3,5-7H,4,8-9H2,1H3/b3-2+,7-5+,10-6-. The van der Waals surface area contributed by atoms with Gasteiger partial charge in [0.05, 0.1) is 0 Å². The highest BCUT2D eigenvalue weighted by Gasteiger charge is 1.97. The average molecular weight is 162 g/mol. The monoisotopic (exact) mass is 162 g/mol. The predicted octanol–water partition coefficient (Wildman–Crippen LogP) is 2.80. The number of Topliss-reactive ketones (excluding diaryl/α,β-unsaturated/α-hetero) is 1. The third-order valence-corrected chi connectivity index (χ3v) is 1.81. The van der Waals surface area contributed by atoms with Gasteiger partial charge in [0, 0.05) is 12.8 Å². The average Bonchev–Trinajstić information content (AvgIpc) is 2.04. The second-order valence-corrected chi connectivity index (χ2v) is 3.02. The fourth-order valence-electron chi connectivity index (χ4n) is 1.09. The van der Waals surface area contributed by atoms with Crippen LogP contribution in [0.15, 0.2) is 36.0 Å². The number of hydrogen-bond acceptors (Lipinski definition) is 1. The molecule has 0 unspecified atom stereocenters. The van der Waals surface area contributed by atoms with Gasteiger partial charge in [-0.15, -0.1) is 0 Å². The summed E-state index contributed by atoms with van der Waals surface area (Å²) >= 11 is 0. The van der Waals surface area contributed by atoms with Gasteiger partial charge in [0.1, 0.15) is 5.78 Å². The number of ketones is 1. The van der Waals surface area contributed by atoms with Crippen molar-refractivity contribution < 1.29 is 4.79 Å². The highest BCUT2D eigenvalue weighted by atomic mass is 16.1. The van der Waals surface area contributed by atoms with Crippen molar-refractivity contribution in [1.29, 1.82) is 0 Å². The Balaban J connectivity index is 2.67. The van der Waals surface area contributed by atoms with E-state index in [0.717, 1.165) is 6.42 Å². The predicted molar refractivity (Wildman–Crippen MR) is 50.9 cm³/mol. The number of carbonyl (C=O) groups is 1. The van der Waals surface area contributed by atoms with Gasteiger partial charge in [-0.05, 0) is 13.3 Å². The van der Waals surface area contributed by atoms with Crippen molar-refractivity contribution in [2.24, 2.45) is 0 Å². The highest BCUT2D eigenvalue weighted by Crippen LogP contribution is 2.04. The van der Waals surface area contributed by atoms with Crippen LogP contribution in [0.1, 0.15) is 26.2 Å². The Kier molecular flexibility index (Phi) is 3.52. The molecule has 0 atom stereocenters. The zero-order chi connectivity index (χ0) is 8.81. The van der Waals surface area contributed by atoms with E-state index in [0.29, 0.717) is 18.6 Å². The summed E-state index contributed by atoms with van der Waals surface area (Å²) in [7, 11) is 0. The summed E-state index contributed by atoms with van der Waals surface area (Å²) in [5.41, 5.74) is 1.20. The van der Waals surface area contributed by atoms with E-state index in [4.69, 9.17) is 0 Å². The van der Waals surface area contributed by atoms with Crippen LogP contribution in [0.2, 0.25) is 0 Å². The number of allylic oxidation sites excluding steroid dienone is 6. The molecule has 64 valence electrons. The van der Waals surface area contributed by atoms with Crippen molar-refractivity contribution in [3.8, 4) is 0 Å². The normalized spacial score (nSPS) is 28.8. The number of carbonyl (C=O) groups excluding carboxylic acids is 1. The zero-order valence-corrected chi connectivity index (χ0v) is 7.42. The van der Waals surface area contributed by atoms with Crippen molar-refractivity contribution in [2.45, 2.75) is 26.2 Å². The summed E-state index contributed by atoms with van der Waals surface area (Å²) in [6, 6.07) is 0. The Labute approximate surface area is 73.5 Å². The van der Waals surface area contributed by atoms with E-state index >= 15 is 0 Å². The van der Waals surface area contributed by atoms with Gasteiger partial charge in [-0.1, -0.05) is 36.0 Å². The maximum absolute atomic E-state index is 11.1. The van der Waals surface area contributed by atoms with Crippen molar-refractivity contribution in [3.63, 3.8) is 0 Å².